The van der Waals surface area contributed by atoms with Gasteiger partial charge in [0.1, 0.15) is 11.9 Å². The van der Waals surface area contributed by atoms with Crippen LogP contribution in [0.4, 0.5) is 5.69 Å². The van der Waals surface area contributed by atoms with E-state index in [1.54, 1.807) is 12.1 Å². The third kappa shape index (κ3) is 2.05. The van der Waals surface area contributed by atoms with Crippen LogP contribution >= 0.6 is 0 Å². The highest BCUT2D eigenvalue weighted by molar-refractivity contribution is 6.12. The number of fused-ring (bicyclic) bond motifs is 1. The number of rotatable bonds is 2. The quantitative estimate of drug-likeness (QED) is 0.672. The fourth-order valence-electron chi connectivity index (χ4n) is 2.60. The molecule has 0 saturated heterocycles. The Hall–Kier alpha value is -2.29. The minimum absolute atomic E-state index is 0.0337. The number of ketones is 1. The van der Waals surface area contributed by atoms with Gasteiger partial charge in [0.25, 0.3) is 0 Å². The van der Waals surface area contributed by atoms with Gasteiger partial charge in [-0.05, 0) is 49.2 Å². The highest BCUT2D eigenvalue weighted by Gasteiger charge is 2.21. The first-order valence-electron chi connectivity index (χ1n) is 6.75. The van der Waals surface area contributed by atoms with E-state index in [9.17, 15) is 4.79 Å². The van der Waals surface area contributed by atoms with Crippen molar-refractivity contribution >= 4 is 11.5 Å². The molecule has 1 unspecified atom stereocenters. The minimum atomic E-state index is -0.0337. The zero-order chi connectivity index (χ0) is 14.3. The molecule has 0 bridgehead atoms. The van der Waals surface area contributed by atoms with E-state index in [0.29, 0.717) is 16.8 Å². The summed E-state index contributed by atoms with van der Waals surface area (Å²) in [6.07, 6.45) is 1.03. The van der Waals surface area contributed by atoms with Crippen molar-refractivity contribution in [3.63, 3.8) is 0 Å². The standard InChI is InChI=1S/C17H17NO2/c1-10-4-3-5-14(16(10)18)17(19)12-6-7-15-13(9-12)8-11(2)20-15/h3-7,9,11H,8,18H2,1-2H3. The molecule has 0 aromatic heterocycles. The molecule has 1 atom stereocenters. The maximum absolute atomic E-state index is 12.6. The minimum Gasteiger partial charge on any atom is -0.490 e. The van der Waals surface area contributed by atoms with E-state index in [-0.39, 0.29) is 11.9 Å². The molecular weight excluding hydrogens is 250 g/mol. The van der Waals surface area contributed by atoms with Gasteiger partial charge in [0, 0.05) is 23.2 Å². The molecule has 0 spiro atoms. The second-order valence-electron chi connectivity index (χ2n) is 5.32. The molecule has 1 aliphatic heterocycles. The lowest BCUT2D eigenvalue weighted by Gasteiger charge is -2.08. The third-order valence-corrected chi connectivity index (χ3v) is 3.73. The van der Waals surface area contributed by atoms with E-state index in [1.807, 2.05) is 38.1 Å². The molecule has 0 radical (unpaired) electrons. The average Bonchev–Trinajstić information content (AvgIpc) is 2.80. The monoisotopic (exact) mass is 267 g/mol. The molecular formula is C17H17NO2. The molecule has 3 heteroatoms. The Morgan fingerprint density at radius 1 is 1.30 bits per heavy atom. The highest BCUT2D eigenvalue weighted by atomic mass is 16.5. The van der Waals surface area contributed by atoms with Gasteiger partial charge in [-0.25, -0.2) is 0 Å². The van der Waals surface area contributed by atoms with Crippen LogP contribution in [0.15, 0.2) is 36.4 Å². The summed E-state index contributed by atoms with van der Waals surface area (Å²) in [5.74, 6) is 0.847. The maximum atomic E-state index is 12.6. The van der Waals surface area contributed by atoms with Gasteiger partial charge in [-0.15, -0.1) is 0 Å². The van der Waals surface area contributed by atoms with Gasteiger partial charge in [0.2, 0.25) is 0 Å². The first-order valence-corrected chi connectivity index (χ1v) is 6.75. The van der Waals surface area contributed by atoms with E-state index < -0.39 is 0 Å². The maximum Gasteiger partial charge on any atom is 0.195 e. The van der Waals surface area contributed by atoms with Crippen LogP contribution in [-0.2, 0) is 6.42 Å². The van der Waals surface area contributed by atoms with Gasteiger partial charge < -0.3 is 10.5 Å². The first-order chi connectivity index (χ1) is 9.56. The van der Waals surface area contributed by atoms with Crippen LogP contribution < -0.4 is 10.5 Å². The Morgan fingerprint density at radius 2 is 2.10 bits per heavy atom. The Kier molecular flexibility index (Phi) is 2.97. The van der Waals surface area contributed by atoms with Crippen LogP contribution in [0.1, 0.15) is 34.0 Å². The van der Waals surface area contributed by atoms with Crippen molar-refractivity contribution in [1.82, 2.24) is 0 Å². The molecule has 1 heterocycles. The van der Waals surface area contributed by atoms with E-state index >= 15 is 0 Å². The van der Waals surface area contributed by atoms with Crippen molar-refractivity contribution in [3.8, 4) is 5.75 Å². The molecule has 2 aromatic rings. The molecule has 0 fully saturated rings. The first kappa shape index (κ1) is 12.7. The van der Waals surface area contributed by atoms with Crippen LogP contribution in [0, 0.1) is 6.92 Å². The highest BCUT2D eigenvalue weighted by Crippen LogP contribution is 2.30. The van der Waals surface area contributed by atoms with Gasteiger partial charge in [-0.2, -0.15) is 0 Å². The number of anilines is 1. The molecule has 102 valence electrons. The van der Waals surface area contributed by atoms with Crippen LogP contribution in [-0.4, -0.2) is 11.9 Å². The fraction of sp³-hybridized carbons (Fsp3) is 0.235. The molecule has 3 nitrogen and oxygen atoms in total. The number of hydrogen-bond acceptors (Lipinski definition) is 3. The summed E-state index contributed by atoms with van der Waals surface area (Å²) in [5.41, 5.74) is 9.82. The number of hydrogen-bond donors (Lipinski definition) is 1. The van der Waals surface area contributed by atoms with Crippen molar-refractivity contribution in [3.05, 3.63) is 58.7 Å². The van der Waals surface area contributed by atoms with Gasteiger partial charge in [-0.1, -0.05) is 12.1 Å². The van der Waals surface area contributed by atoms with Crippen molar-refractivity contribution < 1.29 is 9.53 Å². The topological polar surface area (TPSA) is 52.3 Å². The normalized spacial score (nSPS) is 16.6. The summed E-state index contributed by atoms with van der Waals surface area (Å²) in [4.78, 5) is 12.6. The summed E-state index contributed by atoms with van der Waals surface area (Å²) in [5, 5.41) is 0. The predicted molar refractivity (Wildman–Crippen MR) is 79.3 cm³/mol. The Balaban J connectivity index is 2.00. The Morgan fingerprint density at radius 3 is 2.90 bits per heavy atom. The van der Waals surface area contributed by atoms with Gasteiger partial charge >= 0.3 is 0 Å². The molecule has 2 aromatic carbocycles. The Labute approximate surface area is 118 Å². The van der Waals surface area contributed by atoms with Crippen LogP contribution in [0.2, 0.25) is 0 Å². The molecule has 3 rings (SSSR count). The number of carbonyl (C=O) groups excluding carboxylic acids is 1. The van der Waals surface area contributed by atoms with Crippen molar-refractivity contribution in [2.45, 2.75) is 26.4 Å². The number of para-hydroxylation sites is 1. The second kappa shape index (κ2) is 4.67. The lowest BCUT2D eigenvalue weighted by atomic mass is 9.97. The summed E-state index contributed by atoms with van der Waals surface area (Å²) < 4.78 is 5.65. The van der Waals surface area contributed by atoms with Gasteiger partial charge in [-0.3, -0.25) is 4.79 Å². The summed E-state index contributed by atoms with van der Waals surface area (Å²) in [7, 11) is 0. The molecule has 2 N–H and O–H groups in total. The number of nitrogen functional groups attached to an aromatic ring is 1. The molecule has 0 amide bonds. The molecule has 0 aliphatic carbocycles. The summed E-state index contributed by atoms with van der Waals surface area (Å²) in [6, 6.07) is 11.1. The predicted octanol–water partition coefficient (Wildman–Crippen LogP) is 3.13. The number of carbonyl (C=O) groups is 1. The van der Waals surface area contributed by atoms with Gasteiger partial charge in [0.15, 0.2) is 5.78 Å². The number of nitrogens with two attached hydrogens (primary N) is 1. The van der Waals surface area contributed by atoms with Crippen LogP contribution in [0.3, 0.4) is 0 Å². The smallest absolute Gasteiger partial charge is 0.195 e. The zero-order valence-electron chi connectivity index (χ0n) is 11.6. The largest absolute Gasteiger partial charge is 0.490 e. The lowest BCUT2D eigenvalue weighted by molar-refractivity contribution is 0.103. The SMILES string of the molecule is Cc1cccc(C(=O)c2ccc3c(c2)CC(C)O3)c1N. The number of aryl methyl sites for hydroxylation is 1. The molecule has 1 aliphatic rings. The average molecular weight is 267 g/mol. The second-order valence-corrected chi connectivity index (χ2v) is 5.32. The van der Waals surface area contributed by atoms with Crippen LogP contribution in [0.5, 0.6) is 5.75 Å². The Bertz CT molecular complexity index is 691. The van der Waals surface area contributed by atoms with Crippen LogP contribution in [0.25, 0.3) is 0 Å². The van der Waals surface area contributed by atoms with E-state index in [1.165, 1.54) is 0 Å². The van der Waals surface area contributed by atoms with Crippen molar-refractivity contribution in [2.75, 3.05) is 5.73 Å². The van der Waals surface area contributed by atoms with E-state index in [4.69, 9.17) is 10.5 Å². The van der Waals surface area contributed by atoms with E-state index in [2.05, 4.69) is 0 Å². The summed E-state index contributed by atoms with van der Waals surface area (Å²) in [6.45, 7) is 3.93. The number of benzene rings is 2. The fourth-order valence-corrected chi connectivity index (χ4v) is 2.60. The third-order valence-electron chi connectivity index (χ3n) is 3.73. The van der Waals surface area contributed by atoms with Crippen molar-refractivity contribution in [2.24, 2.45) is 0 Å². The van der Waals surface area contributed by atoms with Crippen molar-refractivity contribution in [1.29, 1.82) is 0 Å². The lowest BCUT2D eigenvalue weighted by Crippen LogP contribution is -2.07. The van der Waals surface area contributed by atoms with Gasteiger partial charge in [0.05, 0.1) is 0 Å². The number of ether oxygens (including phenoxy) is 1. The summed E-state index contributed by atoms with van der Waals surface area (Å²) >= 11 is 0. The van der Waals surface area contributed by atoms with E-state index in [0.717, 1.165) is 23.3 Å². The molecule has 0 saturated carbocycles. The zero-order valence-corrected chi connectivity index (χ0v) is 11.6. The molecule has 20 heavy (non-hydrogen) atoms.